The van der Waals surface area contributed by atoms with Crippen molar-refractivity contribution in [1.82, 2.24) is 9.80 Å². The molecule has 0 radical (unpaired) electrons. The Bertz CT molecular complexity index is 262. The van der Waals surface area contributed by atoms with E-state index in [-0.39, 0.29) is 0 Å². The average molecular weight is 283 g/mol. The van der Waals surface area contributed by atoms with E-state index < -0.39 is 0 Å². The molecule has 1 aliphatic rings. The molecule has 0 aromatic rings. The van der Waals surface area contributed by atoms with Crippen molar-refractivity contribution in [3.8, 4) is 0 Å². The first-order valence-electron chi connectivity index (χ1n) is 8.44. The summed E-state index contributed by atoms with van der Waals surface area (Å²) in [5.74, 6) is 0.298. The van der Waals surface area contributed by atoms with Crippen LogP contribution in [0.5, 0.6) is 0 Å². The minimum Gasteiger partial charge on any atom is -0.342 e. The SMILES string of the molecule is CCCCN(CCCC)C(=O)CN1CCCCC1CN. The van der Waals surface area contributed by atoms with Crippen LogP contribution in [0.25, 0.3) is 0 Å². The average Bonchev–Trinajstić information content (AvgIpc) is 2.47. The van der Waals surface area contributed by atoms with Crippen molar-refractivity contribution in [2.24, 2.45) is 5.73 Å². The fraction of sp³-hybridized carbons (Fsp3) is 0.938. The summed E-state index contributed by atoms with van der Waals surface area (Å²) in [5.41, 5.74) is 5.84. The number of unbranched alkanes of at least 4 members (excludes halogenated alkanes) is 2. The van der Waals surface area contributed by atoms with E-state index in [0.29, 0.717) is 25.0 Å². The minimum absolute atomic E-state index is 0.298. The van der Waals surface area contributed by atoms with Crippen molar-refractivity contribution >= 4 is 5.91 Å². The van der Waals surface area contributed by atoms with E-state index in [4.69, 9.17) is 5.73 Å². The number of piperidine rings is 1. The van der Waals surface area contributed by atoms with E-state index in [9.17, 15) is 4.79 Å². The molecule has 1 unspecified atom stereocenters. The van der Waals surface area contributed by atoms with E-state index in [1.54, 1.807) is 0 Å². The lowest BCUT2D eigenvalue weighted by molar-refractivity contribution is -0.133. The van der Waals surface area contributed by atoms with Crippen LogP contribution in [-0.4, -0.2) is 54.5 Å². The highest BCUT2D eigenvalue weighted by Crippen LogP contribution is 2.16. The number of nitrogens with zero attached hydrogens (tertiary/aromatic N) is 2. The van der Waals surface area contributed by atoms with Gasteiger partial charge >= 0.3 is 0 Å². The quantitative estimate of drug-likeness (QED) is 0.706. The van der Waals surface area contributed by atoms with Crippen LogP contribution in [0.15, 0.2) is 0 Å². The Morgan fingerprint density at radius 3 is 2.40 bits per heavy atom. The number of nitrogens with two attached hydrogens (primary N) is 1. The second-order valence-electron chi connectivity index (χ2n) is 5.94. The van der Waals surface area contributed by atoms with Crippen molar-refractivity contribution in [2.45, 2.75) is 64.8 Å². The second kappa shape index (κ2) is 10.2. The Balaban J connectivity index is 2.49. The highest BCUT2D eigenvalue weighted by atomic mass is 16.2. The smallest absolute Gasteiger partial charge is 0.236 e. The van der Waals surface area contributed by atoms with Gasteiger partial charge < -0.3 is 10.6 Å². The number of hydrogen-bond donors (Lipinski definition) is 1. The Hall–Kier alpha value is -0.610. The molecule has 1 saturated heterocycles. The van der Waals surface area contributed by atoms with Gasteiger partial charge in [-0.25, -0.2) is 0 Å². The zero-order chi connectivity index (χ0) is 14.8. The molecule has 1 fully saturated rings. The Morgan fingerprint density at radius 2 is 1.85 bits per heavy atom. The van der Waals surface area contributed by atoms with Gasteiger partial charge in [-0.2, -0.15) is 0 Å². The Morgan fingerprint density at radius 1 is 1.20 bits per heavy atom. The molecule has 0 bridgehead atoms. The first-order chi connectivity index (χ1) is 9.72. The molecule has 1 rings (SSSR count). The van der Waals surface area contributed by atoms with Crippen LogP contribution >= 0.6 is 0 Å². The Kier molecular flexibility index (Phi) is 8.86. The number of amides is 1. The minimum atomic E-state index is 0.298. The van der Waals surface area contributed by atoms with Crippen LogP contribution in [-0.2, 0) is 4.79 Å². The number of carbonyl (C=O) groups excluding carboxylic acids is 1. The zero-order valence-electron chi connectivity index (χ0n) is 13.4. The van der Waals surface area contributed by atoms with Crippen LogP contribution in [0, 0.1) is 0 Å². The van der Waals surface area contributed by atoms with Gasteiger partial charge in [-0.3, -0.25) is 9.69 Å². The van der Waals surface area contributed by atoms with Crippen molar-refractivity contribution in [1.29, 1.82) is 0 Å². The van der Waals surface area contributed by atoms with E-state index in [1.807, 2.05) is 0 Å². The molecule has 0 aliphatic carbocycles. The molecule has 1 heterocycles. The lowest BCUT2D eigenvalue weighted by Crippen LogP contribution is -2.49. The fourth-order valence-corrected chi connectivity index (χ4v) is 2.87. The lowest BCUT2D eigenvalue weighted by atomic mass is 10.0. The summed E-state index contributed by atoms with van der Waals surface area (Å²) in [5, 5.41) is 0. The van der Waals surface area contributed by atoms with E-state index in [0.717, 1.165) is 51.7 Å². The van der Waals surface area contributed by atoms with Gasteiger partial charge in [-0.05, 0) is 32.2 Å². The standard InChI is InChI=1S/C16H33N3O/c1-3-5-10-18(11-6-4-2)16(20)14-19-12-8-7-9-15(19)13-17/h15H,3-14,17H2,1-2H3. The number of hydrogen-bond acceptors (Lipinski definition) is 3. The topological polar surface area (TPSA) is 49.6 Å². The van der Waals surface area contributed by atoms with Crippen LogP contribution in [0.1, 0.15) is 58.8 Å². The van der Waals surface area contributed by atoms with Gasteiger partial charge in [-0.15, -0.1) is 0 Å². The predicted molar refractivity (Wildman–Crippen MR) is 84.7 cm³/mol. The summed E-state index contributed by atoms with van der Waals surface area (Å²) >= 11 is 0. The maximum absolute atomic E-state index is 12.5. The second-order valence-corrected chi connectivity index (χ2v) is 5.94. The molecule has 0 aromatic heterocycles. The highest BCUT2D eigenvalue weighted by molar-refractivity contribution is 5.78. The number of likely N-dealkylation sites (tertiary alicyclic amines) is 1. The summed E-state index contributed by atoms with van der Waals surface area (Å²) < 4.78 is 0. The molecule has 0 spiro atoms. The maximum Gasteiger partial charge on any atom is 0.236 e. The molecule has 1 amide bonds. The third-order valence-corrected chi connectivity index (χ3v) is 4.28. The highest BCUT2D eigenvalue weighted by Gasteiger charge is 2.24. The first kappa shape index (κ1) is 17.4. The summed E-state index contributed by atoms with van der Waals surface area (Å²) in [6.45, 7) is 8.46. The molecular weight excluding hydrogens is 250 g/mol. The maximum atomic E-state index is 12.5. The molecule has 4 heteroatoms. The van der Waals surface area contributed by atoms with E-state index >= 15 is 0 Å². The molecule has 0 saturated carbocycles. The predicted octanol–water partition coefficient (Wildman–Crippen LogP) is 2.23. The van der Waals surface area contributed by atoms with Gasteiger partial charge in [0.1, 0.15) is 0 Å². The van der Waals surface area contributed by atoms with Crippen molar-refractivity contribution in [3.05, 3.63) is 0 Å². The molecular formula is C16H33N3O. The lowest BCUT2D eigenvalue weighted by Gasteiger charge is -2.36. The van der Waals surface area contributed by atoms with E-state index in [1.165, 1.54) is 12.8 Å². The van der Waals surface area contributed by atoms with Crippen molar-refractivity contribution in [2.75, 3.05) is 32.7 Å². The normalized spacial score (nSPS) is 20.1. The first-order valence-corrected chi connectivity index (χ1v) is 8.44. The van der Waals surface area contributed by atoms with Gasteiger partial charge in [-0.1, -0.05) is 33.1 Å². The summed E-state index contributed by atoms with van der Waals surface area (Å²) in [4.78, 5) is 16.9. The molecule has 118 valence electrons. The summed E-state index contributed by atoms with van der Waals surface area (Å²) in [7, 11) is 0. The molecule has 4 nitrogen and oxygen atoms in total. The van der Waals surface area contributed by atoms with Crippen LogP contribution in [0.2, 0.25) is 0 Å². The van der Waals surface area contributed by atoms with Gasteiger partial charge in [0.25, 0.3) is 0 Å². The van der Waals surface area contributed by atoms with Gasteiger partial charge in [0.2, 0.25) is 5.91 Å². The number of rotatable bonds is 9. The summed E-state index contributed by atoms with van der Waals surface area (Å²) in [6, 6.07) is 0.409. The molecule has 2 N–H and O–H groups in total. The fourth-order valence-electron chi connectivity index (χ4n) is 2.87. The van der Waals surface area contributed by atoms with Crippen LogP contribution in [0.4, 0.5) is 0 Å². The van der Waals surface area contributed by atoms with E-state index in [2.05, 4.69) is 23.6 Å². The monoisotopic (exact) mass is 283 g/mol. The van der Waals surface area contributed by atoms with Crippen molar-refractivity contribution in [3.63, 3.8) is 0 Å². The molecule has 1 aliphatic heterocycles. The van der Waals surface area contributed by atoms with Gasteiger partial charge in [0, 0.05) is 25.7 Å². The van der Waals surface area contributed by atoms with Crippen LogP contribution in [0.3, 0.4) is 0 Å². The Labute approximate surface area is 124 Å². The third-order valence-electron chi connectivity index (χ3n) is 4.28. The van der Waals surface area contributed by atoms with Crippen molar-refractivity contribution < 1.29 is 4.79 Å². The summed E-state index contributed by atoms with van der Waals surface area (Å²) in [6.07, 6.45) is 8.10. The largest absolute Gasteiger partial charge is 0.342 e. The zero-order valence-corrected chi connectivity index (χ0v) is 13.4. The van der Waals surface area contributed by atoms with Crippen LogP contribution < -0.4 is 5.73 Å². The molecule has 20 heavy (non-hydrogen) atoms. The third kappa shape index (κ3) is 5.80. The number of carbonyl (C=O) groups is 1. The molecule has 0 aromatic carbocycles. The van der Waals surface area contributed by atoms with Gasteiger partial charge in [0.05, 0.1) is 6.54 Å². The molecule has 1 atom stereocenters. The van der Waals surface area contributed by atoms with Gasteiger partial charge in [0.15, 0.2) is 0 Å².